The third-order valence-electron chi connectivity index (χ3n) is 5.35. The van der Waals surface area contributed by atoms with Crippen molar-refractivity contribution in [2.24, 2.45) is 5.73 Å². The maximum Gasteiger partial charge on any atom is 0.251 e. The largest absolute Gasteiger partial charge is 0.457 e. The lowest BCUT2D eigenvalue weighted by Crippen LogP contribution is -2.27. The Bertz CT molecular complexity index is 1060. The maximum absolute atomic E-state index is 12.6. The van der Waals surface area contributed by atoms with Gasteiger partial charge in [0.1, 0.15) is 11.5 Å². The molecular weight excluding hydrogens is 402 g/mol. The maximum atomic E-state index is 12.6. The standard InChI is InChI=1S/C26H29N3O3/c1-18(2)29(3)17-22-7-5-4-6-21(22)16-28-26(31)20-10-14-24(15-11-20)32-23-12-8-19(9-13-23)25(27)30/h4-15,18H,16-17H2,1-3H3,(H2,27,30)(H,28,31). The topological polar surface area (TPSA) is 84.7 Å². The second-order valence-electron chi connectivity index (χ2n) is 7.98. The van der Waals surface area contributed by atoms with Crippen LogP contribution >= 0.6 is 0 Å². The van der Waals surface area contributed by atoms with E-state index in [9.17, 15) is 9.59 Å². The predicted octanol–water partition coefficient (Wildman–Crippen LogP) is 4.35. The number of carbonyl (C=O) groups is 2. The van der Waals surface area contributed by atoms with Crippen LogP contribution in [0.15, 0.2) is 72.8 Å². The van der Waals surface area contributed by atoms with Gasteiger partial charge in [-0.05, 0) is 80.6 Å². The molecule has 6 nitrogen and oxygen atoms in total. The molecule has 6 heteroatoms. The number of nitrogens with zero attached hydrogens (tertiary/aromatic N) is 1. The summed E-state index contributed by atoms with van der Waals surface area (Å²) >= 11 is 0. The summed E-state index contributed by atoms with van der Waals surface area (Å²) in [6, 6.07) is 22.1. The second-order valence-corrected chi connectivity index (χ2v) is 7.98. The molecule has 0 unspecified atom stereocenters. The number of nitrogens with two attached hydrogens (primary N) is 1. The molecule has 0 saturated carbocycles. The zero-order chi connectivity index (χ0) is 23.1. The molecular formula is C26H29N3O3. The van der Waals surface area contributed by atoms with E-state index >= 15 is 0 Å². The Kier molecular flexibility index (Phi) is 7.63. The molecule has 0 aliphatic carbocycles. The van der Waals surface area contributed by atoms with E-state index in [-0.39, 0.29) is 5.91 Å². The molecule has 0 atom stereocenters. The Labute approximate surface area is 189 Å². The molecule has 3 N–H and O–H groups in total. The zero-order valence-electron chi connectivity index (χ0n) is 18.7. The van der Waals surface area contributed by atoms with E-state index in [0.717, 1.165) is 12.1 Å². The van der Waals surface area contributed by atoms with E-state index < -0.39 is 5.91 Å². The SMILES string of the molecule is CC(C)N(C)Cc1ccccc1CNC(=O)c1ccc(Oc2ccc(C(N)=O)cc2)cc1. The second kappa shape index (κ2) is 10.6. The van der Waals surface area contributed by atoms with Crippen molar-refractivity contribution in [3.8, 4) is 11.5 Å². The average molecular weight is 432 g/mol. The van der Waals surface area contributed by atoms with Crippen molar-refractivity contribution in [3.05, 3.63) is 95.1 Å². The van der Waals surface area contributed by atoms with Crippen molar-refractivity contribution in [2.75, 3.05) is 7.05 Å². The Morgan fingerprint density at radius 3 is 1.94 bits per heavy atom. The number of carbonyl (C=O) groups excluding carboxylic acids is 2. The van der Waals surface area contributed by atoms with E-state index in [4.69, 9.17) is 10.5 Å². The minimum Gasteiger partial charge on any atom is -0.457 e. The van der Waals surface area contributed by atoms with Crippen LogP contribution in [0.3, 0.4) is 0 Å². The van der Waals surface area contributed by atoms with Crippen LogP contribution in [0.1, 0.15) is 45.7 Å². The molecule has 32 heavy (non-hydrogen) atoms. The highest BCUT2D eigenvalue weighted by Crippen LogP contribution is 2.22. The molecule has 0 aromatic heterocycles. The molecule has 0 aliphatic heterocycles. The van der Waals surface area contributed by atoms with Crippen molar-refractivity contribution in [1.82, 2.24) is 10.2 Å². The van der Waals surface area contributed by atoms with Gasteiger partial charge in [-0.3, -0.25) is 14.5 Å². The summed E-state index contributed by atoms with van der Waals surface area (Å²) in [7, 11) is 2.09. The van der Waals surface area contributed by atoms with E-state index in [1.807, 2.05) is 18.2 Å². The van der Waals surface area contributed by atoms with Gasteiger partial charge < -0.3 is 15.8 Å². The van der Waals surface area contributed by atoms with Crippen molar-refractivity contribution < 1.29 is 14.3 Å². The van der Waals surface area contributed by atoms with E-state index in [1.165, 1.54) is 5.56 Å². The van der Waals surface area contributed by atoms with Gasteiger partial charge in [0.2, 0.25) is 5.91 Å². The summed E-state index contributed by atoms with van der Waals surface area (Å²) in [5.74, 6) is 0.543. The number of amides is 2. The van der Waals surface area contributed by atoms with Gasteiger partial charge in [0.15, 0.2) is 0 Å². The molecule has 0 saturated heterocycles. The van der Waals surface area contributed by atoms with Crippen molar-refractivity contribution in [2.45, 2.75) is 33.0 Å². The van der Waals surface area contributed by atoms with Crippen molar-refractivity contribution in [1.29, 1.82) is 0 Å². The Hall–Kier alpha value is -3.64. The summed E-state index contributed by atoms with van der Waals surface area (Å²) in [6.07, 6.45) is 0. The Morgan fingerprint density at radius 1 is 0.875 bits per heavy atom. The molecule has 0 bridgehead atoms. The number of hydrogen-bond acceptors (Lipinski definition) is 4. The van der Waals surface area contributed by atoms with Crippen LogP contribution in [-0.2, 0) is 13.1 Å². The van der Waals surface area contributed by atoms with Crippen molar-refractivity contribution >= 4 is 11.8 Å². The van der Waals surface area contributed by atoms with Crippen LogP contribution in [0.2, 0.25) is 0 Å². The molecule has 3 aromatic carbocycles. The lowest BCUT2D eigenvalue weighted by molar-refractivity contribution is 0.0949. The third-order valence-corrected chi connectivity index (χ3v) is 5.35. The first-order valence-electron chi connectivity index (χ1n) is 10.6. The predicted molar refractivity (Wildman–Crippen MR) is 126 cm³/mol. The monoisotopic (exact) mass is 431 g/mol. The van der Waals surface area contributed by atoms with Gasteiger partial charge in [-0.25, -0.2) is 0 Å². The fourth-order valence-electron chi connectivity index (χ4n) is 3.11. The molecule has 0 fully saturated rings. The molecule has 0 radical (unpaired) electrons. The molecule has 3 aromatic rings. The summed E-state index contributed by atoms with van der Waals surface area (Å²) < 4.78 is 5.76. The number of ether oxygens (including phenoxy) is 1. The molecule has 3 rings (SSSR count). The minimum absolute atomic E-state index is 0.144. The van der Waals surface area contributed by atoms with Crippen LogP contribution in [0.5, 0.6) is 11.5 Å². The van der Waals surface area contributed by atoms with E-state index in [0.29, 0.717) is 35.2 Å². The summed E-state index contributed by atoms with van der Waals surface area (Å²) in [6.45, 7) is 5.61. The number of hydrogen-bond donors (Lipinski definition) is 2. The molecule has 166 valence electrons. The number of primary amides is 1. The third kappa shape index (κ3) is 6.18. The summed E-state index contributed by atoms with van der Waals surface area (Å²) in [5.41, 5.74) is 8.52. The first kappa shape index (κ1) is 23.0. The van der Waals surface area contributed by atoms with Crippen LogP contribution in [0.4, 0.5) is 0 Å². The Balaban J connectivity index is 1.59. The number of benzene rings is 3. The average Bonchev–Trinajstić information content (AvgIpc) is 2.79. The fourth-order valence-corrected chi connectivity index (χ4v) is 3.11. The lowest BCUT2D eigenvalue weighted by atomic mass is 10.1. The van der Waals surface area contributed by atoms with Gasteiger partial charge in [0.05, 0.1) is 0 Å². The van der Waals surface area contributed by atoms with E-state index in [1.54, 1.807) is 48.5 Å². The van der Waals surface area contributed by atoms with E-state index in [2.05, 4.69) is 37.2 Å². The normalized spacial score (nSPS) is 10.9. The van der Waals surface area contributed by atoms with Gasteiger partial charge in [0.25, 0.3) is 5.91 Å². The molecule has 0 heterocycles. The molecule has 0 spiro atoms. The highest BCUT2D eigenvalue weighted by molar-refractivity contribution is 5.94. The molecule has 2 amide bonds. The van der Waals surface area contributed by atoms with Crippen molar-refractivity contribution in [3.63, 3.8) is 0 Å². The first-order valence-corrected chi connectivity index (χ1v) is 10.6. The Morgan fingerprint density at radius 2 is 1.41 bits per heavy atom. The molecule has 0 aliphatic rings. The fraction of sp³-hybridized carbons (Fsp3) is 0.231. The highest BCUT2D eigenvalue weighted by atomic mass is 16.5. The van der Waals surface area contributed by atoms with Crippen LogP contribution in [-0.4, -0.2) is 29.8 Å². The van der Waals surface area contributed by atoms with Gasteiger partial charge in [-0.1, -0.05) is 24.3 Å². The minimum atomic E-state index is -0.485. The number of rotatable bonds is 9. The quantitative estimate of drug-likeness (QED) is 0.528. The number of nitrogens with one attached hydrogen (secondary N) is 1. The van der Waals surface area contributed by atoms with Gasteiger partial charge in [-0.15, -0.1) is 0 Å². The highest BCUT2D eigenvalue weighted by Gasteiger charge is 2.11. The summed E-state index contributed by atoms with van der Waals surface area (Å²) in [4.78, 5) is 26.0. The van der Waals surface area contributed by atoms with Crippen LogP contribution in [0.25, 0.3) is 0 Å². The first-order chi connectivity index (χ1) is 15.3. The lowest BCUT2D eigenvalue weighted by Gasteiger charge is -2.22. The van der Waals surface area contributed by atoms with Crippen LogP contribution in [0, 0.1) is 0 Å². The summed E-state index contributed by atoms with van der Waals surface area (Å²) in [5, 5.41) is 3.00. The van der Waals surface area contributed by atoms with Gasteiger partial charge in [-0.2, -0.15) is 0 Å². The van der Waals surface area contributed by atoms with Gasteiger partial charge >= 0.3 is 0 Å². The van der Waals surface area contributed by atoms with Crippen LogP contribution < -0.4 is 15.8 Å². The smallest absolute Gasteiger partial charge is 0.251 e. The van der Waals surface area contributed by atoms with Gasteiger partial charge in [0, 0.05) is 30.3 Å². The zero-order valence-corrected chi connectivity index (χ0v) is 18.7.